The molecule has 0 aromatic heterocycles. The molecule has 0 radical (unpaired) electrons. The van der Waals surface area contributed by atoms with Gasteiger partial charge in [-0.05, 0) is 13.3 Å². The van der Waals surface area contributed by atoms with Gasteiger partial charge in [-0.15, -0.1) is 0 Å². The maximum Gasteiger partial charge on any atom is 0.326 e. The zero-order valence-electron chi connectivity index (χ0n) is 7.83. The van der Waals surface area contributed by atoms with Gasteiger partial charge in [0.1, 0.15) is 0 Å². The van der Waals surface area contributed by atoms with Crippen LogP contribution >= 0.6 is 15.9 Å². The van der Waals surface area contributed by atoms with Crippen molar-refractivity contribution in [3.63, 3.8) is 0 Å². The summed E-state index contributed by atoms with van der Waals surface area (Å²) < 4.78 is 25.7. The smallest absolute Gasteiger partial charge is 0.326 e. The SMILES string of the molecule is COC(=O)[C@](C)(CCBr)S(C)(=O)=O. The Morgan fingerprint density at radius 2 is 2.00 bits per heavy atom. The minimum absolute atomic E-state index is 0.207. The third-order valence-electron chi connectivity index (χ3n) is 2.01. The van der Waals surface area contributed by atoms with Crippen molar-refractivity contribution in [3.8, 4) is 0 Å². The summed E-state index contributed by atoms with van der Waals surface area (Å²) in [4.78, 5) is 11.2. The second-order valence-electron chi connectivity index (χ2n) is 2.93. The summed E-state index contributed by atoms with van der Waals surface area (Å²) in [5, 5.41) is 0.436. The number of esters is 1. The maximum absolute atomic E-state index is 11.3. The minimum atomic E-state index is -3.44. The van der Waals surface area contributed by atoms with E-state index in [1.165, 1.54) is 14.0 Å². The van der Waals surface area contributed by atoms with Gasteiger partial charge in [0.15, 0.2) is 14.6 Å². The molecule has 1 atom stereocenters. The van der Waals surface area contributed by atoms with Crippen LogP contribution in [0.15, 0.2) is 0 Å². The average molecular weight is 273 g/mol. The van der Waals surface area contributed by atoms with Crippen LogP contribution in [0.3, 0.4) is 0 Å². The summed E-state index contributed by atoms with van der Waals surface area (Å²) >= 11 is 3.10. The molecular formula is C7H13BrO4S. The number of sulfone groups is 1. The second kappa shape index (κ2) is 4.41. The van der Waals surface area contributed by atoms with Gasteiger partial charge in [-0.3, -0.25) is 4.79 Å². The molecule has 0 aliphatic carbocycles. The van der Waals surface area contributed by atoms with E-state index in [9.17, 15) is 13.2 Å². The fourth-order valence-corrected chi connectivity index (χ4v) is 2.75. The molecule has 0 amide bonds. The van der Waals surface area contributed by atoms with Crippen LogP contribution in [0.2, 0.25) is 0 Å². The van der Waals surface area contributed by atoms with Gasteiger partial charge in [0, 0.05) is 11.6 Å². The van der Waals surface area contributed by atoms with E-state index in [0.717, 1.165) is 6.26 Å². The number of carbonyl (C=O) groups is 1. The van der Waals surface area contributed by atoms with E-state index >= 15 is 0 Å². The molecule has 0 N–H and O–H groups in total. The molecule has 78 valence electrons. The van der Waals surface area contributed by atoms with Crippen LogP contribution < -0.4 is 0 Å². The summed E-state index contributed by atoms with van der Waals surface area (Å²) in [6.07, 6.45) is 1.24. The lowest BCUT2D eigenvalue weighted by atomic mass is 10.1. The van der Waals surface area contributed by atoms with Crippen molar-refractivity contribution in [1.82, 2.24) is 0 Å². The van der Waals surface area contributed by atoms with Gasteiger partial charge >= 0.3 is 5.97 Å². The molecule has 0 fully saturated rings. The van der Waals surface area contributed by atoms with Crippen molar-refractivity contribution < 1.29 is 17.9 Å². The van der Waals surface area contributed by atoms with Crippen molar-refractivity contribution in [2.75, 3.05) is 18.7 Å². The van der Waals surface area contributed by atoms with Crippen molar-refractivity contribution >= 4 is 31.7 Å². The van der Waals surface area contributed by atoms with E-state index in [1.807, 2.05) is 0 Å². The van der Waals surface area contributed by atoms with Gasteiger partial charge in [-0.1, -0.05) is 15.9 Å². The topological polar surface area (TPSA) is 60.4 Å². The van der Waals surface area contributed by atoms with Gasteiger partial charge < -0.3 is 4.74 Å². The number of halogens is 1. The first-order valence-electron chi connectivity index (χ1n) is 3.63. The fraction of sp³-hybridized carbons (Fsp3) is 0.857. The number of hydrogen-bond donors (Lipinski definition) is 0. The fourth-order valence-electron chi connectivity index (χ4n) is 0.835. The maximum atomic E-state index is 11.3. The Morgan fingerprint density at radius 3 is 2.23 bits per heavy atom. The third-order valence-corrected chi connectivity index (χ3v) is 4.41. The van der Waals surface area contributed by atoms with Crippen LogP contribution in [0.1, 0.15) is 13.3 Å². The Bertz CT molecular complexity index is 285. The number of carbonyl (C=O) groups excluding carboxylic acids is 1. The number of rotatable bonds is 4. The molecule has 4 nitrogen and oxygen atoms in total. The first kappa shape index (κ1) is 12.9. The van der Waals surface area contributed by atoms with Crippen LogP contribution in [0.4, 0.5) is 0 Å². The third kappa shape index (κ3) is 2.67. The van der Waals surface area contributed by atoms with Gasteiger partial charge in [0.2, 0.25) is 0 Å². The van der Waals surface area contributed by atoms with Crippen molar-refractivity contribution in [2.24, 2.45) is 0 Å². The Hall–Kier alpha value is -0.100. The minimum Gasteiger partial charge on any atom is -0.468 e. The van der Waals surface area contributed by atoms with Gasteiger partial charge in [-0.25, -0.2) is 8.42 Å². The highest BCUT2D eigenvalue weighted by atomic mass is 79.9. The average Bonchev–Trinajstić information content (AvgIpc) is 2.01. The van der Waals surface area contributed by atoms with Crippen molar-refractivity contribution in [2.45, 2.75) is 18.1 Å². The van der Waals surface area contributed by atoms with E-state index in [1.54, 1.807) is 0 Å². The van der Waals surface area contributed by atoms with Gasteiger partial charge in [-0.2, -0.15) is 0 Å². The molecule has 0 unspecified atom stereocenters. The quantitative estimate of drug-likeness (QED) is 0.560. The summed E-state index contributed by atoms with van der Waals surface area (Å²) in [5.41, 5.74) is 0. The number of hydrogen-bond acceptors (Lipinski definition) is 4. The van der Waals surface area contributed by atoms with Gasteiger partial charge in [0.25, 0.3) is 0 Å². The molecule has 0 aromatic rings. The Morgan fingerprint density at radius 1 is 1.54 bits per heavy atom. The van der Waals surface area contributed by atoms with Crippen LogP contribution in [0.25, 0.3) is 0 Å². The van der Waals surface area contributed by atoms with Crippen LogP contribution in [-0.2, 0) is 19.4 Å². The first-order chi connectivity index (χ1) is 5.79. The largest absolute Gasteiger partial charge is 0.468 e. The predicted molar refractivity (Wildman–Crippen MR) is 53.7 cm³/mol. The monoisotopic (exact) mass is 272 g/mol. The zero-order chi connectivity index (χ0) is 10.7. The zero-order valence-corrected chi connectivity index (χ0v) is 10.2. The highest BCUT2D eigenvalue weighted by Gasteiger charge is 2.43. The summed E-state index contributed by atoms with van der Waals surface area (Å²) in [6.45, 7) is 1.37. The van der Waals surface area contributed by atoms with E-state index in [-0.39, 0.29) is 6.42 Å². The van der Waals surface area contributed by atoms with E-state index in [0.29, 0.717) is 5.33 Å². The molecule has 6 heteroatoms. The molecule has 0 aliphatic heterocycles. The Balaban J connectivity index is 5.08. The number of alkyl halides is 1. The van der Waals surface area contributed by atoms with Crippen LogP contribution in [-0.4, -0.2) is 37.8 Å². The Kier molecular flexibility index (Phi) is 4.38. The molecule has 0 aromatic carbocycles. The molecule has 0 saturated carbocycles. The molecule has 0 rings (SSSR count). The summed E-state index contributed by atoms with van der Waals surface area (Å²) in [5.74, 6) is -0.713. The second-order valence-corrected chi connectivity index (χ2v) is 6.17. The molecular weight excluding hydrogens is 260 g/mol. The molecule has 0 aliphatic rings. The number of ether oxygens (including phenoxy) is 1. The van der Waals surface area contributed by atoms with E-state index in [2.05, 4.69) is 20.7 Å². The van der Waals surface area contributed by atoms with E-state index in [4.69, 9.17) is 0 Å². The molecule has 0 saturated heterocycles. The van der Waals surface area contributed by atoms with Crippen molar-refractivity contribution in [1.29, 1.82) is 0 Å². The Labute approximate surface area is 86.7 Å². The molecule has 13 heavy (non-hydrogen) atoms. The summed E-state index contributed by atoms with van der Waals surface area (Å²) in [7, 11) is -2.26. The molecule has 0 bridgehead atoms. The standard InChI is InChI=1S/C7H13BrO4S/c1-7(4-5-8,6(9)12-2)13(3,10)11/h4-5H2,1-3H3/t7-/m0/s1. The predicted octanol–water partition coefficient (Wildman–Crippen LogP) is 0.748. The lowest BCUT2D eigenvalue weighted by Crippen LogP contribution is -2.44. The highest BCUT2D eigenvalue weighted by Crippen LogP contribution is 2.23. The molecule has 0 spiro atoms. The summed E-state index contributed by atoms with van der Waals surface area (Å²) in [6, 6.07) is 0. The van der Waals surface area contributed by atoms with Crippen molar-refractivity contribution in [3.05, 3.63) is 0 Å². The lowest BCUT2D eigenvalue weighted by molar-refractivity contribution is -0.143. The first-order valence-corrected chi connectivity index (χ1v) is 6.65. The highest BCUT2D eigenvalue weighted by molar-refractivity contribution is 9.09. The van der Waals surface area contributed by atoms with Crippen LogP contribution in [0, 0.1) is 0 Å². The number of methoxy groups -OCH3 is 1. The van der Waals surface area contributed by atoms with E-state index < -0.39 is 20.6 Å². The normalized spacial score (nSPS) is 16.3. The van der Waals surface area contributed by atoms with Gasteiger partial charge in [0.05, 0.1) is 7.11 Å². The van der Waals surface area contributed by atoms with Crippen LogP contribution in [0.5, 0.6) is 0 Å². The lowest BCUT2D eigenvalue weighted by Gasteiger charge is -2.23. The molecule has 0 heterocycles.